The Bertz CT molecular complexity index is 358. The van der Waals surface area contributed by atoms with Gasteiger partial charge in [0.15, 0.2) is 6.10 Å². The summed E-state index contributed by atoms with van der Waals surface area (Å²) in [6.45, 7) is 3.71. The molecule has 1 fully saturated rings. The van der Waals surface area contributed by atoms with E-state index in [-0.39, 0.29) is 18.7 Å². The highest BCUT2D eigenvalue weighted by Gasteiger charge is 2.47. The van der Waals surface area contributed by atoms with E-state index in [9.17, 15) is 4.79 Å². The zero-order valence-electron chi connectivity index (χ0n) is 8.26. The molecule has 1 aromatic carbocycles. The van der Waals surface area contributed by atoms with Crippen molar-refractivity contribution in [1.82, 2.24) is 0 Å². The summed E-state index contributed by atoms with van der Waals surface area (Å²) in [7, 11) is 0. The minimum Gasteiger partial charge on any atom is -0.459 e. The number of ether oxygens (including phenoxy) is 2. The first-order valence-electron chi connectivity index (χ1n) is 4.81. The highest BCUT2D eigenvalue weighted by Crippen LogP contribution is 2.39. The number of rotatable bonds is 4. The van der Waals surface area contributed by atoms with Crippen LogP contribution in [0.1, 0.15) is 11.7 Å². The number of benzene rings is 1. The summed E-state index contributed by atoms with van der Waals surface area (Å²) in [5.74, 6) is -0.316. The first kappa shape index (κ1) is 9.93. The molecular weight excluding hydrogens is 192 g/mol. The van der Waals surface area contributed by atoms with Gasteiger partial charge in [0.2, 0.25) is 0 Å². The van der Waals surface area contributed by atoms with Gasteiger partial charge >= 0.3 is 5.97 Å². The van der Waals surface area contributed by atoms with E-state index in [2.05, 4.69) is 6.58 Å². The number of carbonyl (C=O) groups excluding carboxylic acids is 1. The largest absolute Gasteiger partial charge is 0.459 e. The van der Waals surface area contributed by atoms with Crippen LogP contribution in [0.5, 0.6) is 0 Å². The Kier molecular flexibility index (Phi) is 2.83. The molecule has 1 saturated heterocycles. The molecule has 2 rings (SSSR count). The third-order valence-corrected chi connectivity index (χ3v) is 2.20. The van der Waals surface area contributed by atoms with Crippen molar-refractivity contribution in [2.24, 2.45) is 0 Å². The second kappa shape index (κ2) is 4.28. The SMILES string of the molecule is C=CCOC(=O)C1OC1c1ccccc1. The molecule has 0 N–H and O–H groups in total. The van der Waals surface area contributed by atoms with E-state index in [1.807, 2.05) is 30.3 Å². The summed E-state index contributed by atoms with van der Waals surface area (Å²) in [6.07, 6.45) is 0.966. The minimum absolute atomic E-state index is 0.136. The summed E-state index contributed by atoms with van der Waals surface area (Å²) in [5, 5.41) is 0. The van der Waals surface area contributed by atoms with E-state index >= 15 is 0 Å². The normalized spacial score (nSPS) is 23.2. The molecule has 0 spiro atoms. The number of hydrogen-bond acceptors (Lipinski definition) is 3. The topological polar surface area (TPSA) is 38.8 Å². The summed E-state index contributed by atoms with van der Waals surface area (Å²) < 4.78 is 10.1. The highest BCUT2D eigenvalue weighted by atomic mass is 16.6. The first-order chi connectivity index (χ1) is 7.33. The Labute approximate surface area is 88.3 Å². The fourth-order valence-corrected chi connectivity index (χ4v) is 1.41. The van der Waals surface area contributed by atoms with Gasteiger partial charge < -0.3 is 9.47 Å². The van der Waals surface area contributed by atoms with Crippen LogP contribution in [0.2, 0.25) is 0 Å². The Hall–Kier alpha value is -1.61. The number of esters is 1. The number of hydrogen-bond donors (Lipinski definition) is 0. The standard InChI is InChI=1S/C12H12O3/c1-2-8-14-12(13)11-10(15-11)9-6-4-3-5-7-9/h2-7,10-11H,1,8H2. The molecule has 2 atom stereocenters. The zero-order valence-corrected chi connectivity index (χ0v) is 8.26. The first-order valence-corrected chi connectivity index (χ1v) is 4.81. The zero-order chi connectivity index (χ0) is 10.7. The molecule has 0 saturated carbocycles. The lowest BCUT2D eigenvalue weighted by Gasteiger charge is -1.97. The molecule has 0 amide bonds. The number of carbonyl (C=O) groups is 1. The van der Waals surface area contributed by atoms with Gasteiger partial charge in [0.1, 0.15) is 12.7 Å². The fourth-order valence-electron chi connectivity index (χ4n) is 1.41. The van der Waals surface area contributed by atoms with Crippen LogP contribution in [0.4, 0.5) is 0 Å². The summed E-state index contributed by atoms with van der Waals surface area (Å²) in [5.41, 5.74) is 1.01. The van der Waals surface area contributed by atoms with E-state index in [1.165, 1.54) is 6.08 Å². The van der Waals surface area contributed by atoms with E-state index < -0.39 is 6.10 Å². The second-order valence-corrected chi connectivity index (χ2v) is 3.31. The van der Waals surface area contributed by atoms with Crippen LogP contribution in [0.3, 0.4) is 0 Å². The Morgan fingerprint density at radius 2 is 2.20 bits per heavy atom. The molecule has 1 heterocycles. The molecule has 1 aliphatic rings. The molecule has 15 heavy (non-hydrogen) atoms. The van der Waals surface area contributed by atoms with Crippen LogP contribution in [-0.2, 0) is 14.3 Å². The van der Waals surface area contributed by atoms with E-state index in [0.29, 0.717) is 0 Å². The summed E-state index contributed by atoms with van der Waals surface area (Å²) in [6, 6.07) is 9.64. The van der Waals surface area contributed by atoms with Crippen LogP contribution >= 0.6 is 0 Å². The predicted octanol–water partition coefficient (Wildman–Crippen LogP) is 1.86. The maximum Gasteiger partial charge on any atom is 0.338 e. The Morgan fingerprint density at radius 1 is 1.47 bits per heavy atom. The third-order valence-electron chi connectivity index (χ3n) is 2.20. The van der Waals surface area contributed by atoms with Gasteiger partial charge in [0.25, 0.3) is 0 Å². The summed E-state index contributed by atoms with van der Waals surface area (Å²) in [4.78, 5) is 11.4. The van der Waals surface area contributed by atoms with Gasteiger partial charge in [-0.2, -0.15) is 0 Å². The van der Waals surface area contributed by atoms with Gasteiger partial charge in [0, 0.05) is 0 Å². The van der Waals surface area contributed by atoms with E-state index in [0.717, 1.165) is 5.56 Å². The van der Waals surface area contributed by atoms with Crippen LogP contribution in [0.15, 0.2) is 43.0 Å². The minimum atomic E-state index is -0.438. The average Bonchev–Trinajstić information content (AvgIpc) is 3.07. The van der Waals surface area contributed by atoms with Gasteiger partial charge in [-0.1, -0.05) is 43.0 Å². The lowest BCUT2D eigenvalue weighted by Crippen LogP contribution is -2.12. The van der Waals surface area contributed by atoms with Gasteiger partial charge in [-0.3, -0.25) is 0 Å². The van der Waals surface area contributed by atoms with Gasteiger partial charge in [-0.25, -0.2) is 4.79 Å². The van der Waals surface area contributed by atoms with Gasteiger partial charge in [-0.15, -0.1) is 0 Å². The van der Waals surface area contributed by atoms with E-state index in [4.69, 9.17) is 9.47 Å². The molecule has 0 radical (unpaired) electrons. The molecule has 0 bridgehead atoms. The van der Waals surface area contributed by atoms with Gasteiger partial charge in [-0.05, 0) is 5.56 Å². The maximum atomic E-state index is 11.4. The molecule has 1 aliphatic heterocycles. The maximum absolute atomic E-state index is 11.4. The molecule has 2 unspecified atom stereocenters. The van der Waals surface area contributed by atoms with Crippen molar-refractivity contribution in [2.45, 2.75) is 12.2 Å². The average molecular weight is 204 g/mol. The Morgan fingerprint density at radius 3 is 2.87 bits per heavy atom. The molecule has 1 aromatic rings. The Balaban J connectivity index is 1.91. The third kappa shape index (κ3) is 2.25. The molecule has 0 aliphatic carbocycles. The highest BCUT2D eigenvalue weighted by molar-refractivity contribution is 5.78. The van der Waals surface area contributed by atoms with Gasteiger partial charge in [0.05, 0.1) is 0 Å². The van der Waals surface area contributed by atoms with Crippen molar-refractivity contribution in [3.05, 3.63) is 48.6 Å². The van der Waals surface area contributed by atoms with Crippen molar-refractivity contribution in [2.75, 3.05) is 6.61 Å². The molecule has 3 nitrogen and oxygen atoms in total. The van der Waals surface area contributed by atoms with Crippen molar-refractivity contribution in [3.8, 4) is 0 Å². The van der Waals surface area contributed by atoms with Crippen molar-refractivity contribution in [1.29, 1.82) is 0 Å². The number of epoxide rings is 1. The quantitative estimate of drug-likeness (QED) is 0.427. The van der Waals surface area contributed by atoms with E-state index in [1.54, 1.807) is 0 Å². The van der Waals surface area contributed by atoms with Crippen LogP contribution in [-0.4, -0.2) is 18.7 Å². The molecule has 0 aromatic heterocycles. The monoisotopic (exact) mass is 204 g/mol. The van der Waals surface area contributed by atoms with Crippen LogP contribution < -0.4 is 0 Å². The lowest BCUT2D eigenvalue weighted by atomic mass is 10.1. The molecule has 78 valence electrons. The lowest BCUT2D eigenvalue weighted by molar-refractivity contribution is -0.143. The predicted molar refractivity (Wildman–Crippen MR) is 55.2 cm³/mol. The van der Waals surface area contributed by atoms with Crippen molar-refractivity contribution in [3.63, 3.8) is 0 Å². The second-order valence-electron chi connectivity index (χ2n) is 3.31. The molecular formula is C12H12O3. The fraction of sp³-hybridized carbons (Fsp3) is 0.250. The molecule has 3 heteroatoms. The smallest absolute Gasteiger partial charge is 0.338 e. The summed E-state index contributed by atoms with van der Waals surface area (Å²) >= 11 is 0. The van der Waals surface area contributed by atoms with Crippen LogP contribution in [0.25, 0.3) is 0 Å². The van der Waals surface area contributed by atoms with Crippen LogP contribution in [0, 0.1) is 0 Å². The van der Waals surface area contributed by atoms with Crippen molar-refractivity contribution >= 4 is 5.97 Å². The van der Waals surface area contributed by atoms with Crippen molar-refractivity contribution < 1.29 is 14.3 Å².